The van der Waals surface area contributed by atoms with E-state index in [1.165, 1.54) is 0 Å². The molecule has 2 atom stereocenters. The summed E-state index contributed by atoms with van der Waals surface area (Å²) in [7, 11) is 0. The fraction of sp³-hybridized carbons (Fsp3) is 1.00. The standard InChI is InChI=1S/C9H18O3/c1-9(2,11)8(10)7-4-3-5-12-6-7/h7-8,10-11H,3-6H2,1-2H3. The monoisotopic (exact) mass is 174 g/mol. The molecule has 0 aromatic heterocycles. The number of aliphatic hydroxyl groups is 2. The summed E-state index contributed by atoms with van der Waals surface area (Å²) in [6.07, 6.45) is 1.26. The highest BCUT2D eigenvalue weighted by Gasteiger charge is 2.33. The third kappa shape index (κ3) is 2.44. The van der Waals surface area contributed by atoms with Gasteiger partial charge in [0, 0.05) is 12.5 Å². The fourth-order valence-corrected chi connectivity index (χ4v) is 1.59. The summed E-state index contributed by atoms with van der Waals surface area (Å²) in [6.45, 7) is 4.62. The molecule has 0 aliphatic carbocycles. The van der Waals surface area contributed by atoms with Gasteiger partial charge in [-0.25, -0.2) is 0 Å². The van der Waals surface area contributed by atoms with E-state index in [0.29, 0.717) is 6.61 Å². The predicted molar refractivity (Wildman–Crippen MR) is 45.8 cm³/mol. The SMILES string of the molecule is CC(C)(O)C(O)C1CCCOC1. The van der Waals surface area contributed by atoms with E-state index in [2.05, 4.69) is 0 Å². The molecule has 12 heavy (non-hydrogen) atoms. The summed E-state index contributed by atoms with van der Waals surface area (Å²) in [6, 6.07) is 0. The van der Waals surface area contributed by atoms with Gasteiger partial charge in [0.25, 0.3) is 0 Å². The van der Waals surface area contributed by atoms with Gasteiger partial charge in [-0.2, -0.15) is 0 Å². The molecule has 0 bridgehead atoms. The van der Waals surface area contributed by atoms with E-state index in [9.17, 15) is 10.2 Å². The Morgan fingerprint density at radius 3 is 2.58 bits per heavy atom. The Morgan fingerprint density at radius 2 is 2.17 bits per heavy atom. The maximum absolute atomic E-state index is 9.68. The smallest absolute Gasteiger partial charge is 0.0871 e. The van der Waals surface area contributed by atoms with Gasteiger partial charge in [0.05, 0.1) is 18.3 Å². The molecule has 3 nitrogen and oxygen atoms in total. The summed E-state index contributed by atoms with van der Waals surface area (Å²) in [5.74, 6) is 0.0961. The van der Waals surface area contributed by atoms with Crippen molar-refractivity contribution < 1.29 is 14.9 Å². The second-order valence-corrected chi connectivity index (χ2v) is 4.08. The van der Waals surface area contributed by atoms with Crippen LogP contribution in [0.4, 0.5) is 0 Å². The molecule has 1 fully saturated rings. The quantitative estimate of drug-likeness (QED) is 0.642. The van der Waals surface area contributed by atoms with E-state index >= 15 is 0 Å². The van der Waals surface area contributed by atoms with Crippen molar-refractivity contribution in [2.24, 2.45) is 5.92 Å². The Hall–Kier alpha value is -0.120. The lowest BCUT2D eigenvalue weighted by Gasteiger charge is -2.33. The van der Waals surface area contributed by atoms with Crippen molar-refractivity contribution in [3.63, 3.8) is 0 Å². The lowest BCUT2D eigenvalue weighted by Crippen LogP contribution is -2.44. The van der Waals surface area contributed by atoms with E-state index in [-0.39, 0.29) is 5.92 Å². The molecule has 0 aromatic carbocycles. The normalized spacial score (nSPS) is 28.5. The van der Waals surface area contributed by atoms with Crippen LogP contribution in [0, 0.1) is 5.92 Å². The molecular weight excluding hydrogens is 156 g/mol. The van der Waals surface area contributed by atoms with E-state index in [4.69, 9.17) is 4.74 Å². The number of aliphatic hydroxyl groups excluding tert-OH is 1. The van der Waals surface area contributed by atoms with Gasteiger partial charge in [-0.1, -0.05) is 0 Å². The minimum Gasteiger partial charge on any atom is -0.390 e. The van der Waals surface area contributed by atoms with Gasteiger partial charge in [-0.15, -0.1) is 0 Å². The zero-order valence-corrected chi connectivity index (χ0v) is 7.79. The van der Waals surface area contributed by atoms with Crippen molar-refractivity contribution in [3.05, 3.63) is 0 Å². The molecule has 0 aromatic rings. The number of hydrogen-bond donors (Lipinski definition) is 2. The number of ether oxygens (including phenoxy) is 1. The average molecular weight is 174 g/mol. The van der Waals surface area contributed by atoms with Gasteiger partial charge in [0.15, 0.2) is 0 Å². The first kappa shape index (κ1) is 9.96. The maximum Gasteiger partial charge on any atom is 0.0871 e. The molecule has 1 heterocycles. The summed E-state index contributed by atoms with van der Waals surface area (Å²) < 4.78 is 5.23. The average Bonchev–Trinajstić information content (AvgIpc) is 2.03. The second kappa shape index (κ2) is 3.73. The van der Waals surface area contributed by atoms with Gasteiger partial charge in [-0.3, -0.25) is 0 Å². The first-order chi connectivity index (χ1) is 5.52. The minimum absolute atomic E-state index is 0.0961. The van der Waals surface area contributed by atoms with Crippen molar-refractivity contribution >= 4 is 0 Å². The van der Waals surface area contributed by atoms with Gasteiger partial charge >= 0.3 is 0 Å². The van der Waals surface area contributed by atoms with Gasteiger partial charge < -0.3 is 14.9 Å². The van der Waals surface area contributed by atoms with E-state index in [0.717, 1.165) is 19.4 Å². The molecule has 3 heteroatoms. The molecule has 0 spiro atoms. The largest absolute Gasteiger partial charge is 0.390 e. The first-order valence-electron chi connectivity index (χ1n) is 4.50. The van der Waals surface area contributed by atoms with Crippen LogP contribution in [0.1, 0.15) is 26.7 Å². The highest BCUT2D eigenvalue weighted by molar-refractivity contribution is 4.83. The fourth-order valence-electron chi connectivity index (χ4n) is 1.59. The Bertz CT molecular complexity index is 133. The molecule has 0 amide bonds. The molecule has 0 saturated carbocycles. The third-order valence-corrected chi connectivity index (χ3v) is 2.37. The predicted octanol–water partition coefficient (Wildman–Crippen LogP) is 0.545. The van der Waals surface area contributed by atoms with Crippen LogP contribution in [0.3, 0.4) is 0 Å². The summed E-state index contributed by atoms with van der Waals surface area (Å²) in [5, 5.41) is 19.2. The van der Waals surface area contributed by atoms with Crippen molar-refractivity contribution in [3.8, 4) is 0 Å². The zero-order chi connectivity index (χ0) is 9.19. The highest BCUT2D eigenvalue weighted by atomic mass is 16.5. The first-order valence-corrected chi connectivity index (χ1v) is 4.50. The van der Waals surface area contributed by atoms with E-state index < -0.39 is 11.7 Å². The van der Waals surface area contributed by atoms with Crippen LogP contribution >= 0.6 is 0 Å². The Labute approximate surface area is 73.4 Å². The molecule has 1 saturated heterocycles. The summed E-state index contributed by atoms with van der Waals surface area (Å²) in [4.78, 5) is 0. The molecule has 72 valence electrons. The van der Waals surface area contributed by atoms with Crippen LogP contribution < -0.4 is 0 Å². The number of rotatable bonds is 2. The topological polar surface area (TPSA) is 49.7 Å². The van der Waals surface area contributed by atoms with Crippen molar-refractivity contribution in [1.29, 1.82) is 0 Å². The molecule has 2 unspecified atom stereocenters. The van der Waals surface area contributed by atoms with Crippen LogP contribution in [0.2, 0.25) is 0 Å². The van der Waals surface area contributed by atoms with Crippen LogP contribution in [0.25, 0.3) is 0 Å². The van der Waals surface area contributed by atoms with Crippen molar-refractivity contribution in [2.45, 2.75) is 38.4 Å². The molecule has 1 aliphatic heterocycles. The summed E-state index contributed by atoms with van der Waals surface area (Å²) >= 11 is 0. The van der Waals surface area contributed by atoms with Gasteiger partial charge in [-0.05, 0) is 26.7 Å². The molecule has 1 aliphatic rings. The molecule has 2 N–H and O–H groups in total. The lowest BCUT2D eigenvalue weighted by atomic mass is 9.86. The van der Waals surface area contributed by atoms with Crippen molar-refractivity contribution in [2.75, 3.05) is 13.2 Å². The lowest BCUT2D eigenvalue weighted by molar-refractivity contribution is -0.106. The van der Waals surface area contributed by atoms with Crippen LogP contribution in [-0.2, 0) is 4.74 Å². The second-order valence-electron chi connectivity index (χ2n) is 4.08. The molecule has 0 radical (unpaired) electrons. The zero-order valence-electron chi connectivity index (χ0n) is 7.79. The highest BCUT2D eigenvalue weighted by Crippen LogP contribution is 2.24. The Balaban J connectivity index is 2.45. The molecule has 1 rings (SSSR count). The minimum atomic E-state index is -1.01. The van der Waals surface area contributed by atoms with Gasteiger partial charge in [0.1, 0.15) is 0 Å². The Kier molecular flexibility index (Phi) is 3.09. The van der Waals surface area contributed by atoms with Crippen molar-refractivity contribution in [1.82, 2.24) is 0 Å². The summed E-state index contributed by atoms with van der Waals surface area (Å²) in [5.41, 5.74) is -1.01. The molecular formula is C9H18O3. The van der Waals surface area contributed by atoms with Crippen LogP contribution in [0.5, 0.6) is 0 Å². The Morgan fingerprint density at radius 1 is 1.50 bits per heavy atom. The van der Waals surface area contributed by atoms with E-state index in [1.54, 1.807) is 13.8 Å². The number of hydrogen-bond acceptors (Lipinski definition) is 3. The van der Waals surface area contributed by atoms with Crippen LogP contribution in [-0.4, -0.2) is 35.1 Å². The third-order valence-electron chi connectivity index (χ3n) is 2.37. The van der Waals surface area contributed by atoms with Gasteiger partial charge in [0.2, 0.25) is 0 Å². The van der Waals surface area contributed by atoms with E-state index in [1.807, 2.05) is 0 Å². The van der Waals surface area contributed by atoms with Crippen LogP contribution in [0.15, 0.2) is 0 Å². The maximum atomic E-state index is 9.68.